The second kappa shape index (κ2) is 5.22. The van der Waals surface area contributed by atoms with E-state index in [9.17, 15) is 9.36 Å². The molecule has 12 heavy (non-hydrogen) atoms. The first kappa shape index (κ1) is 11.5. The van der Waals surface area contributed by atoms with Gasteiger partial charge in [0.2, 0.25) is 0 Å². The molecule has 0 aliphatic carbocycles. The van der Waals surface area contributed by atoms with E-state index in [-0.39, 0.29) is 0 Å². The van der Waals surface area contributed by atoms with Crippen LogP contribution >= 0.6 is 7.80 Å². The van der Waals surface area contributed by atoms with Gasteiger partial charge in [0.25, 0.3) is 11.5 Å². The average molecular weight is 193 g/mol. The summed E-state index contributed by atoms with van der Waals surface area (Å²) < 4.78 is 16.3. The molecule has 0 rings (SSSR count). The first-order chi connectivity index (χ1) is 5.50. The largest absolute Gasteiger partial charge is 0.478 e. The maximum atomic E-state index is 11.3. The van der Waals surface area contributed by atoms with E-state index in [0.29, 0.717) is 6.61 Å². The summed E-state index contributed by atoms with van der Waals surface area (Å²) in [5.74, 6) is -1.52. The van der Waals surface area contributed by atoms with Crippen molar-refractivity contribution in [2.45, 2.75) is 32.3 Å². The molecule has 0 aromatic rings. The summed E-state index contributed by atoms with van der Waals surface area (Å²) in [5.41, 5.74) is -0.832. The van der Waals surface area contributed by atoms with Crippen molar-refractivity contribution < 1.29 is 19.2 Å². The van der Waals surface area contributed by atoms with Gasteiger partial charge in [0, 0.05) is 13.5 Å². The van der Waals surface area contributed by atoms with Crippen molar-refractivity contribution in [1.29, 1.82) is 0 Å². The van der Waals surface area contributed by atoms with Crippen LogP contribution in [0, 0.1) is 0 Å². The molecule has 1 N–H and O–H groups in total. The van der Waals surface area contributed by atoms with Crippen molar-refractivity contribution in [3.63, 3.8) is 0 Å². The van der Waals surface area contributed by atoms with Gasteiger partial charge in [0.1, 0.15) is 0 Å². The molecule has 3 unspecified atom stereocenters. The Hall–Kier alpha value is -0.470. The van der Waals surface area contributed by atoms with Gasteiger partial charge in [0.15, 0.2) is 0 Å². The van der Waals surface area contributed by atoms with Crippen molar-refractivity contribution in [3.05, 3.63) is 0 Å². The Bertz CT molecular complexity index is 180. The number of rotatable bonds is 5. The molecular formula is C7H14O4P+. The molecule has 5 heteroatoms. The Kier molecular flexibility index (Phi) is 5.02. The Balaban J connectivity index is 4.09. The zero-order chi connectivity index (χ0) is 9.72. The van der Waals surface area contributed by atoms with Crippen LogP contribution in [0.3, 0.4) is 0 Å². The number of aliphatic carboxylic acids is 1. The van der Waals surface area contributed by atoms with Gasteiger partial charge in [-0.25, -0.2) is 4.79 Å². The number of carbonyl (C=O) groups is 1. The fraction of sp³-hybridized carbons (Fsp3) is 0.857. The summed E-state index contributed by atoms with van der Waals surface area (Å²) in [6, 6.07) is 0. The fourth-order valence-corrected chi connectivity index (χ4v) is 1.88. The lowest BCUT2D eigenvalue weighted by Crippen LogP contribution is -2.17. The minimum atomic E-state index is -1.82. The van der Waals surface area contributed by atoms with Crippen LogP contribution in [0.1, 0.15) is 20.8 Å². The molecule has 0 saturated heterocycles. The Morgan fingerprint density at radius 2 is 2.08 bits per heavy atom. The van der Waals surface area contributed by atoms with Crippen molar-refractivity contribution in [3.8, 4) is 0 Å². The van der Waals surface area contributed by atoms with Crippen LogP contribution in [0.2, 0.25) is 0 Å². The van der Waals surface area contributed by atoms with Gasteiger partial charge in [-0.15, -0.1) is 0 Å². The lowest BCUT2D eigenvalue weighted by atomic mass is 10.5. The standard InChI is InChI=1S/C7H13O4P/c1-4-11-6(3)12(10)5(2)7(8)9/h5-6H,4H2,1-3H3/p+1. The highest BCUT2D eigenvalue weighted by molar-refractivity contribution is 7.47. The second-order valence-electron chi connectivity index (χ2n) is 2.43. The van der Waals surface area contributed by atoms with Gasteiger partial charge in [-0.1, -0.05) is 4.57 Å². The summed E-state index contributed by atoms with van der Waals surface area (Å²) in [5, 5.41) is 8.53. The minimum Gasteiger partial charge on any atom is -0.478 e. The van der Waals surface area contributed by atoms with E-state index in [1.165, 1.54) is 6.92 Å². The zero-order valence-electron chi connectivity index (χ0n) is 7.48. The molecular weight excluding hydrogens is 179 g/mol. The van der Waals surface area contributed by atoms with Crippen LogP contribution in [0.15, 0.2) is 0 Å². The van der Waals surface area contributed by atoms with Crippen LogP contribution < -0.4 is 0 Å². The molecule has 0 aromatic carbocycles. The third kappa shape index (κ3) is 3.28. The second-order valence-corrected chi connectivity index (χ2v) is 4.65. The van der Waals surface area contributed by atoms with E-state index in [0.717, 1.165) is 0 Å². The van der Waals surface area contributed by atoms with Crippen LogP contribution in [0.4, 0.5) is 0 Å². The first-order valence-corrected chi connectivity index (χ1v) is 5.20. The number of ether oxygens (including phenoxy) is 1. The number of hydrogen-bond donors (Lipinski definition) is 1. The highest BCUT2D eigenvalue weighted by atomic mass is 31.1. The molecule has 0 radical (unpaired) electrons. The first-order valence-electron chi connectivity index (χ1n) is 3.80. The van der Waals surface area contributed by atoms with Gasteiger partial charge in [-0.3, -0.25) is 0 Å². The highest BCUT2D eigenvalue weighted by Gasteiger charge is 2.38. The van der Waals surface area contributed by atoms with Crippen molar-refractivity contribution >= 4 is 13.8 Å². The van der Waals surface area contributed by atoms with Gasteiger partial charge < -0.3 is 9.84 Å². The molecule has 0 aliphatic rings. The molecule has 0 saturated carbocycles. The third-order valence-electron chi connectivity index (χ3n) is 1.51. The van der Waals surface area contributed by atoms with Crippen molar-refractivity contribution in [2.75, 3.05) is 6.61 Å². The Labute approximate surface area is 72.7 Å². The van der Waals surface area contributed by atoms with E-state index in [2.05, 4.69) is 0 Å². The van der Waals surface area contributed by atoms with Crippen molar-refractivity contribution in [2.24, 2.45) is 0 Å². The van der Waals surface area contributed by atoms with E-state index < -0.39 is 25.3 Å². The van der Waals surface area contributed by atoms with Gasteiger partial charge in [-0.05, 0) is 13.8 Å². The van der Waals surface area contributed by atoms with Gasteiger partial charge >= 0.3 is 13.8 Å². The summed E-state index contributed by atoms with van der Waals surface area (Å²) in [4.78, 5) is 10.4. The molecule has 0 amide bonds. The maximum absolute atomic E-state index is 11.3. The zero-order valence-corrected chi connectivity index (χ0v) is 8.38. The summed E-state index contributed by atoms with van der Waals surface area (Å²) in [6.45, 7) is 5.29. The molecule has 0 aromatic heterocycles. The number of carboxylic acids is 1. The molecule has 3 atom stereocenters. The van der Waals surface area contributed by atoms with E-state index >= 15 is 0 Å². The number of hydrogen-bond acceptors (Lipinski definition) is 3. The monoisotopic (exact) mass is 193 g/mol. The third-order valence-corrected chi connectivity index (χ3v) is 3.36. The molecule has 0 bridgehead atoms. The molecule has 4 nitrogen and oxygen atoms in total. The van der Waals surface area contributed by atoms with Crippen LogP contribution in [0.25, 0.3) is 0 Å². The van der Waals surface area contributed by atoms with Crippen LogP contribution in [-0.4, -0.2) is 29.2 Å². The lowest BCUT2D eigenvalue weighted by molar-refractivity contribution is -0.136. The molecule has 0 fully saturated rings. The minimum absolute atomic E-state index is 0.453. The molecule has 70 valence electrons. The quantitative estimate of drug-likeness (QED) is 0.674. The predicted molar refractivity (Wildman–Crippen MR) is 45.8 cm³/mol. The highest BCUT2D eigenvalue weighted by Crippen LogP contribution is 2.34. The molecule has 0 aliphatic heterocycles. The summed E-state index contributed by atoms with van der Waals surface area (Å²) >= 11 is 0. The van der Waals surface area contributed by atoms with Gasteiger partial charge in [-0.2, -0.15) is 0 Å². The lowest BCUT2D eigenvalue weighted by Gasteiger charge is -2.02. The summed E-state index contributed by atoms with van der Waals surface area (Å²) in [6.07, 6.45) is 0. The molecule has 0 spiro atoms. The van der Waals surface area contributed by atoms with E-state index in [4.69, 9.17) is 9.84 Å². The molecule has 0 heterocycles. The predicted octanol–water partition coefficient (Wildman–Crippen LogP) is 1.67. The average Bonchev–Trinajstić information content (AvgIpc) is 2.02. The van der Waals surface area contributed by atoms with Crippen molar-refractivity contribution in [1.82, 2.24) is 0 Å². The maximum Gasteiger partial charge on any atom is 0.384 e. The van der Waals surface area contributed by atoms with E-state index in [1.807, 2.05) is 0 Å². The Morgan fingerprint density at radius 1 is 1.58 bits per heavy atom. The SMILES string of the molecule is CCOC(C)[P+](=O)C(C)C(=O)O. The topological polar surface area (TPSA) is 63.6 Å². The van der Waals surface area contributed by atoms with Crippen LogP contribution in [-0.2, 0) is 14.1 Å². The summed E-state index contributed by atoms with van der Waals surface area (Å²) in [7, 11) is -1.82. The number of carboxylic acid groups (broad SMARTS) is 1. The normalized spacial score (nSPS) is 16.8. The Morgan fingerprint density at radius 3 is 2.42 bits per heavy atom. The van der Waals surface area contributed by atoms with E-state index in [1.54, 1.807) is 13.8 Å². The van der Waals surface area contributed by atoms with Crippen LogP contribution in [0.5, 0.6) is 0 Å². The fourth-order valence-electron chi connectivity index (χ4n) is 0.738. The van der Waals surface area contributed by atoms with Gasteiger partial charge in [0.05, 0.1) is 0 Å². The smallest absolute Gasteiger partial charge is 0.384 e.